The van der Waals surface area contributed by atoms with Gasteiger partial charge in [0.15, 0.2) is 0 Å². The molecule has 0 spiro atoms. The molecule has 0 unspecified atom stereocenters. The smallest absolute Gasteiger partial charge is 0.293 e. The largest absolute Gasteiger partial charge is 0.496 e. The molecule has 9 nitrogen and oxygen atoms in total. The van der Waals surface area contributed by atoms with Crippen LogP contribution in [0.15, 0.2) is 39.7 Å². The summed E-state index contributed by atoms with van der Waals surface area (Å²) >= 11 is 0.828. The van der Waals surface area contributed by atoms with Crippen LogP contribution in [0, 0.1) is 10.1 Å². The molecule has 0 N–H and O–H groups in total. The van der Waals surface area contributed by atoms with Gasteiger partial charge in [0.25, 0.3) is 16.8 Å². The third-order valence-electron chi connectivity index (χ3n) is 3.95. The molecule has 0 saturated carbocycles. The van der Waals surface area contributed by atoms with E-state index in [1.165, 1.54) is 38.5 Å². The first-order valence-corrected chi connectivity index (χ1v) is 8.93. The van der Waals surface area contributed by atoms with Crippen LogP contribution in [-0.4, -0.2) is 48.3 Å². The summed E-state index contributed by atoms with van der Waals surface area (Å²) < 4.78 is 15.8. The topological polar surface area (TPSA) is 112 Å². The van der Waals surface area contributed by atoms with Gasteiger partial charge in [-0.1, -0.05) is 0 Å². The molecule has 1 aromatic heterocycles. The molecule has 2 amide bonds. The second kappa shape index (κ2) is 8.28. The number of hydrogen-bond acceptors (Lipinski definition) is 8. The van der Waals surface area contributed by atoms with E-state index in [-0.39, 0.29) is 34.7 Å². The van der Waals surface area contributed by atoms with Crippen molar-refractivity contribution in [3.05, 3.63) is 51.1 Å². The first-order valence-electron chi connectivity index (χ1n) is 8.11. The van der Waals surface area contributed by atoms with Gasteiger partial charge in [0.05, 0.1) is 41.7 Å². The second-order valence-corrected chi connectivity index (χ2v) is 6.66. The standard InChI is InChI=1S/C18H16N2O7S/c1-25-8-7-19-17(21)16(28-18(19)22)10-12-4-6-14(27-12)13-5-3-11(20(23)24)9-15(13)26-2/h3-6,9-10H,7-8H2,1-2H3/b16-10+. The van der Waals surface area contributed by atoms with Gasteiger partial charge in [0.2, 0.25) is 0 Å². The van der Waals surface area contributed by atoms with Gasteiger partial charge in [-0.15, -0.1) is 0 Å². The molecule has 2 heterocycles. The Kier molecular flexibility index (Phi) is 5.81. The number of ether oxygens (including phenoxy) is 2. The second-order valence-electron chi connectivity index (χ2n) is 5.67. The quantitative estimate of drug-likeness (QED) is 0.391. The highest BCUT2D eigenvalue weighted by Crippen LogP contribution is 2.36. The minimum atomic E-state index is -0.514. The number of nitro benzene ring substituents is 1. The minimum Gasteiger partial charge on any atom is -0.496 e. The van der Waals surface area contributed by atoms with Crippen LogP contribution < -0.4 is 4.74 Å². The first kappa shape index (κ1) is 19.6. The molecule has 1 fully saturated rings. The lowest BCUT2D eigenvalue weighted by Crippen LogP contribution is -2.31. The van der Waals surface area contributed by atoms with E-state index in [9.17, 15) is 19.7 Å². The summed E-state index contributed by atoms with van der Waals surface area (Å²) in [6.07, 6.45) is 1.49. The van der Waals surface area contributed by atoms with Gasteiger partial charge in [0.1, 0.15) is 17.3 Å². The van der Waals surface area contributed by atoms with Crippen molar-refractivity contribution < 1.29 is 28.4 Å². The Hall–Kier alpha value is -3.11. The zero-order valence-electron chi connectivity index (χ0n) is 15.0. The summed E-state index contributed by atoms with van der Waals surface area (Å²) in [7, 11) is 2.90. The zero-order chi connectivity index (χ0) is 20.3. The fourth-order valence-corrected chi connectivity index (χ4v) is 3.42. The van der Waals surface area contributed by atoms with Crippen LogP contribution in [0.3, 0.4) is 0 Å². The molecule has 0 aliphatic carbocycles. The number of furan rings is 1. The predicted molar refractivity (Wildman–Crippen MR) is 102 cm³/mol. The molecule has 28 heavy (non-hydrogen) atoms. The number of non-ortho nitro benzene ring substituents is 1. The van der Waals surface area contributed by atoms with E-state index in [1.54, 1.807) is 12.1 Å². The van der Waals surface area contributed by atoms with E-state index in [0.29, 0.717) is 17.1 Å². The maximum absolute atomic E-state index is 12.3. The molecule has 0 atom stereocenters. The van der Waals surface area contributed by atoms with E-state index in [4.69, 9.17) is 13.9 Å². The average Bonchev–Trinajstić information content (AvgIpc) is 3.24. The SMILES string of the molecule is COCCN1C(=O)S/C(=C/c2ccc(-c3ccc([N+](=O)[O-])cc3OC)o2)C1=O. The van der Waals surface area contributed by atoms with Crippen molar-refractivity contribution >= 4 is 34.7 Å². The van der Waals surface area contributed by atoms with E-state index >= 15 is 0 Å². The van der Waals surface area contributed by atoms with Crippen molar-refractivity contribution in [3.63, 3.8) is 0 Å². The van der Waals surface area contributed by atoms with Crippen LogP contribution in [0.5, 0.6) is 5.75 Å². The fourth-order valence-electron chi connectivity index (χ4n) is 2.58. The lowest BCUT2D eigenvalue weighted by Gasteiger charge is -2.10. The Morgan fingerprint density at radius 2 is 2.04 bits per heavy atom. The average molecular weight is 404 g/mol. The number of hydrogen-bond donors (Lipinski definition) is 0. The van der Waals surface area contributed by atoms with E-state index in [1.807, 2.05) is 0 Å². The van der Waals surface area contributed by atoms with Gasteiger partial charge in [0, 0.05) is 19.3 Å². The number of methoxy groups -OCH3 is 2. The van der Waals surface area contributed by atoms with Crippen molar-refractivity contribution in [2.24, 2.45) is 0 Å². The summed E-state index contributed by atoms with van der Waals surface area (Å²) in [5, 5.41) is 10.5. The number of benzene rings is 1. The molecule has 1 aromatic carbocycles. The maximum Gasteiger partial charge on any atom is 0.293 e. The number of nitro groups is 1. The number of carbonyl (C=O) groups is 2. The summed E-state index contributed by atoms with van der Waals surface area (Å²) in [5.41, 5.74) is 0.429. The van der Waals surface area contributed by atoms with Crippen molar-refractivity contribution in [2.45, 2.75) is 0 Å². The summed E-state index contributed by atoms with van der Waals surface area (Å²) in [6.45, 7) is 0.443. The van der Waals surface area contributed by atoms with Gasteiger partial charge in [-0.25, -0.2) is 0 Å². The van der Waals surface area contributed by atoms with E-state index < -0.39 is 10.8 Å². The van der Waals surface area contributed by atoms with Crippen LogP contribution >= 0.6 is 11.8 Å². The molecular formula is C18H16N2O7S. The number of thioether (sulfide) groups is 1. The van der Waals surface area contributed by atoms with Gasteiger partial charge >= 0.3 is 0 Å². The van der Waals surface area contributed by atoms with E-state index in [0.717, 1.165) is 16.7 Å². The monoisotopic (exact) mass is 404 g/mol. The molecule has 1 saturated heterocycles. The van der Waals surface area contributed by atoms with E-state index in [2.05, 4.69) is 0 Å². The third-order valence-corrected chi connectivity index (χ3v) is 4.86. The highest BCUT2D eigenvalue weighted by Gasteiger charge is 2.34. The molecule has 2 aromatic rings. The third kappa shape index (κ3) is 3.92. The van der Waals surface area contributed by atoms with Crippen molar-refractivity contribution in [3.8, 4) is 17.1 Å². The Morgan fingerprint density at radius 3 is 2.71 bits per heavy atom. The summed E-state index contributed by atoms with van der Waals surface area (Å²) in [4.78, 5) is 36.1. The van der Waals surface area contributed by atoms with Gasteiger partial charge in [-0.2, -0.15) is 0 Å². The van der Waals surface area contributed by atoms with Crippen molar-refractivity contribution in [2.75, 3.05) is 27.4 Å². The molecule has 146 valence electrons. The summed E-state index contributed by atoms with van der Waals surface area (Å²) in [5.74, 6) is 0.664. The van der Waals surface area contributed by atoms with Crippen LogP contribution in [0.25, 0.3) is 17.4 Å². The highest BCUT2D eigenvalue weighted by molar-refractivity contribution is 8.18. The molecule has 0 radical (unpaired) electrons. The molecule has 0 bridgehead atoms. The van der Waals surface area contributed by atoms with Crippen LogP contribution in [0.1, 0.15) is 5.76 Å². The molecule has 3 rings (SSSR count). The summed E-state index contributed by atoms with van der Waals surface area (Å²) in [6, 6.07) is 7.47. The highest BCUT2D eigenvalue weighted by atomic mass is 32.2. The minimum absolute atomic E-state index is 0.0999. The van der Waals surface area contributed by atoms with Crippen LogP contribution in [0.4, 0.5) is 10.5 Å². The number of carbonyl (C=O) groups excluding carboxylic acids is 2. The number of nitrogens with zero attached hydrogens (tertiary/aromatic N) is 2. The van der Waals surface area contributed by atoms with Gasteiger partial charge in [-0.3, -0.25) is 24.6 Å². The Bertz CT molecular complexity index is 967. The lowest BCUT2D eigenvalue weighted by atomic mass is 10.1. The maximum atomic E-state index is 12.3. The number of amides is 2. The molecule has 1 aliphatic heterocycles. The number of rotatable bonds is 7. The Balaban J connectivity index is 1.85. The lowest BCUT2D eigenvalue weighted by molar-refractivity contribution is -0.384. The molecular weight excluding hydrogens is 388 g/mol. The number of imide groups is 1. The molecule has 10 heteroatoms. The van der Waals surface area contributed by atoms with Crippen LogP contribution in [-0.2, 0) is 9.53 Å². The normalized spacial score (nSPS) is 15.5. The predicted octanol–water partition coefficient (Wildman–Crippen LogP) is 3.55. The molecule has 1 aliphatic rings. The zero-order valence-corrected chi connectivity index (χ0v) is 15.9. The van der Waals surface area contributed by atoms with Gasteiger partial charge < -0.3 is 13.9 Å². The fraction of sp³-hybridized carbons (Fsp3) is 0.222. The van der Waals surface area contributed by atoms with Crippen molar-refractivity contribution in [1.82, 2.24) is 4.90 Å². The Labute approximate surface area is 164 Å². The van der Waals surface area contributed by atoms with Crippen molar-refractivity contribution in [1.29, 1.82) is 0 Å². The Morgan fingerprint density at radius 1 is 1.25 bits per heavy atom. The first-order chi connectivity index (χ1) is 13.4. The van der Waals surface area contributed by atoms with Gasteiger partial charge in [-0.05, 0) is 30.0 Å². The van der Waals surface area contributed by atoms with Crippen LogP contribution in [0.2, 0.25) is 0 Å².